The molecule has 1 unspecified atom stereocenters. The van der Waals surface area contributed by atoms with Gasteiger partial charge in [-0.15, -0.1) is 0 Å². The third-order valence-corrected chi connectivity index (χ3v) is 2.63. The van der Waals surface area contributed by atoms with Crippen LogP contribution in [-0.4, -0.2) is 29.6 Å². The van der Waals surface area contributed by atoms with Gasteiger partial charge in [0.25, 0.3) is 0 Å². The lowest BCUT2D eigenvalue weighted by Gasteiger charge is -2.20. The molecule has 0 saturated heterocycles. The highest BCUT2D eigenvalue weighted by molar-refractivity contribution is 5.28. The molecule has 0 radical (unpaired) electrons. The van der Waals surface area contributed by atoms with Crippen molar-refractivity contribution in [3.63, 3.8) is 0 Å². The summed E-state index contributed by atoms with van der Waals surface area (Å²) in [6.07, 6.45) is 2.87. The number of nitrogens with two attached hydrogens (primary N) is 1. The van der Waals surface area contributed by atoms with E-state index in [0.717, 1.165) is 24.4 Å². The van der Waals surface area contributed by atoms with E-state index in [-0.39, 0.29) is 12.1 Å². The molecule has 1 rings (SSSR count). The minimum atomic E-state index is -0.128. The highest BCUT2D eigenvalue weighted by Gasteiger charge is 2.21. The first-order chi connectivity index (χ1) is 8.63. The molecule has 0 aromatic carbocycles. The molecule has 1 heterocycles. The molecule has 1 aromatic rings. The highest BCUT2D eigenvalue weighted by Crippen LogP contribution is 2.25. The summed E-state index contributed by atoms with van der Waals surface area (Å²) in [5.41, 5.74) is 3.70. The monoisotopic (exact) mass is 256 g/mol. The van der Waals surface area contributed by atoms with Gasteiger partial charge in [0.05, 0.1) is 32.1 Å². The molecule has 0 saturated carbocycles. The third-order valence-electron chi connectivity index (χ3n) is 2.63. The number of nitrogens with one attached hydrogen (secondary N) is 1. The summed E-state index contributed by atoms with van der Waals surface area (Å²) in [6.45, 7) is 7.41. The molecule has 18 heavy (non-hydrogen) atoms. The molecule has 0 aliphatic carbocycles. The predicted octanol–water partition coefficient (Wildman–Crippen LogP) is 1.23. The van der Waals surface area contributed by atoms with Crippen LogP contribution in [0.15, 0.2) is 6.20 Å². The standard InChI is InChI=1S/C12H24N4O2/c1-5-6-16-12(11(17-4)7-14-16)10(15-13)8-18-9(2)3/h7,9-10,15H,5-6,8,13H2,1-4H3. The molecule has 0 spiro atoms. The van der Waals surface area contributed by atoms with Crippen LogP contribution in [0.3, 0.4) is 0 Å². The van der Waals surface area contributed by atoms with Gasteiger partial charge >= 0.3 is 0 Å². The molecule has 6 nitrogen and oxygen atoms in total. The first-order valence-electron chi connectivity index (χ1n) is 6.31. The summed E-state index contributed by atoms with van der Waals surface area (Å²) >= 11 is 0. The van der Waals surface area contributed by atoms with Gasteiger partial charge in [-0.1, -0.05) is 6.92 Å². The molecule has 0 aliphatic rings. The number of rotatable bonds is 8. The van der Waals surface area contributed by atoms with E-state index in [0.29, 0.717) is 6.61 Å². The van der Waals surface area contributed by atoms with E-state index in [1.54, 1.807) is 13.3 Å². The maximum absolute atomic E-state index is 5.61. The molecular formula is C12H24N4O2. The molecule has 104 valence electrons. The van der Waals surface area contributed by atoms with Gasteiger partial charge in [-0.25, -0.2) is 5.43 Å². The summed E-state index contributed by atoms with van der Waals surface area (Å²) < 4.78 is 12.8. The Morgan fingerprint density at radius 1 is 1.50 bits per heavy atom. The molecule has 1 aromatic heterocycles. The third kappa shape index (κ3) is 3.69. The second-order valence-electron chi connectivity index (χ2n) is 4.42. The van der Waals surface area contributed by atoms with Crippen molar-refractivity contribution in [2.24, 2.45) is 5.84 Å². The van der Waals surface area contributed by atoms with E-state index in [4.69, 9.17) is 15.3 Å². The zero-order valence-electron chi connectivity index (χ0n) is 11.6. The molecule has 1 atom stereocenters. The number of nitrogens with zero attached hydrogens (tertiary/aromatic N) is 2. The number of hydrogen-bond donors (Lipinski definition) is 2. The summed E-state index contributed by atoms with van der Waals surface area (Å²) in [5, 5.41) is 4.31. The van der Waals surface area contributed by atoms with E-state index in [1.165, 1.54) is 0 Å². The molecule has 0 aliphatic heterocycles. The Kier molecular flexibility index (Phi) is 6.11. The predicted molar refractivity (Wildman–Crippen MR) is 70.2 cm³/mol. The van der Waals surface area contributed by atoms with Crippen molar-refractivity contribution in [3.05, 3.63) is 11.9 Å². The van der Waals surface area contributed by atoms with Crippen LogP contribution in [0.4, 0.5) is 0 Å². The SMILES string of the molecule is CCCn1ncc(OC)c1C(COC(C)C)NN. The van der Waals surface area contributed by atoms with Gasteiger partial charge in [0.2, 0.25) is 0 Å². The van der Waals surface area contributed by atoms with Gasteiger partial charge < -0.3 is 9.47 Å². The second kappa shape index (κ2) is 7.35. The second-order valence-corrected chi connectivity index (χ2v) is 4.42. The van der Waals surface area contributed by atoms with Crippen molar-refractivity contribution < 1.29 is 9.47 Å². The van der Waals surface area contributed by atoms with Crippen molar-refractivity contribution in [2.75, 3.05) is 13.7 Å². The fourth-order valence-electron chi connectivity index (χ4n) is 1.77. The summed E-state index contributed by atoms with van der Waals surface area (Å²) in [7, 11) is 1.63. The molecule has 0 fully saturated rings. The average molecular weight is 256 g/mol. The van der Waals surface area contributed by atoms with Crippen molar-refractivity contribution in [1.82, 2.24) is 15.2 Å². The first kappa shape index (κ1) is 14.9. The van der Waals surface area contributed by atoms with Crippen LogP contribution in [0.5, 0.6) is 5.75 Å². The number of aromatic nitrogens is 2. The fraction of sp³-hybridized carbons (Fsp3) is 0.750. The van der Waals surface area contributed by atoms with Crippen LogP contribution in [0.1, 0.15) is 38.9 Å². The number of hydrazine groups is 1. The Morgan fingerprint density at radius 3 is 2.72 bits per heavy atom. The van der Waals surface area contributed by atoms with Gasteiger partial charge in [-0.3, -0.25) is 10.5 Å². The van der Waals surface area contributed by atoms with E-state index in [9.17, 15) is 0 Å². The number of methoxy groups -OCH3 is 1. The maximum Gasteiger partial charge on any atom is 0.161 e. The number of ether oxygens (including phenoxy) is 2. The topological polar surface area (TPSA) is 74.3 Å². The highest BCUT2D eigenvalue weighted by atomic mass is 16.5. The van der Waals surface area contributed by atoms with Gasteiger partial charge in [0.15, 0.2) is 5.75 Å². The van der Waals surface area contributed by atoms with Crippen LogP contribution in [0.25, 0.3) is 0 Å². The average Bonchev–Trinajstić information content (AvgIpc) is 2.74. The lowest BCUT2D eigenvalue weighted by Crippen LogP contribution is -2.34. The van der Waals surface area contributed by atoms with E-state index in [2.05, 4.69) is 17.4 Å². The van der Waals surface area contributed by atoms with Gasteiger partial charge in [-0.05, 0) is 20.3 Å². The number of aryl methyl sites for hydroxylation is 1. The van der Waals surface area contributed by atoms with Crippen LogP contribution in [0, 0.1) is 0 Å². The largest absolute Gasteiger partial charge is 0.493 e. The van der Waals surface area contributed by atoms with Crippen LogP contribution >= 0.6 is 0 Å². The minimum Gasteiger partial charge on any atom is -0.493 e. The van der Waals surface area contributed by atoms with E-state index >= 15 is 0 Å². The van der Waals surface area contributed by atoms with E-state index in [1.807, 2.05) is 18.5 Å². The molecule has 3 N–H and O–H groups in total. The van der Waals surface area contributed by atoms with Gasteiger partial charge in [-0.2, -0.15) is 5.10 Å². The molecule has 6 heteroatoms. The van der Waals surface area contributed by atoms with Crippen molar-refractivity contribution in [3.8, 4) is 5.75 Å². The summed E-state index contributed by atoms with van der Waals surface area (Å²) in [4.78, 5) is 0. The molecule has 0 amide bonds. The van der Waals surface area contributed by atoms with Crippen LogP contribution in [0.2, 0.25) is 0 Å². The number of hydrogen-bond acceptors (Lipinski definition) is 5. The lowest BCUT2D eigenvalue weighted by molar-refractivity contribution is 0.0588. The Hall–Kier alpha value is -1.11. The normalized spacial score (nSPS) is 13.0. The van der Waals surface area contributed by atoms with Gasteiger partial charge in [0, 0.05) is 6.54 Å². The van der Waals surface area contributed by atoms with E-state index < -0.39 is 0 Å². The van der Waals surface area contributed by atoms with Gasteiger partial charge in [0.1, 0.15) is 5.69 Å². The Morgan fingerprint density at radius 2 is 2.22 bits per heavy atom. The Labute approximate surface area is 108 Å². The lowest BCUT2D eigenvalue weighted by atomic mass is 10.2. The quantitative estimate of drug-likeness (QED) is 0.540. The fourth-order valence-corrected chi connectivity index (χ4v) is 1.77. The zero-order chi connectivity index (χ0) is 13.5. The molecule has 0 bridgehead atoms. The van der Waals surface area contributed by atoms with Crippen LogP contribution in [-0.2, 0) is 11.3 Å². The molecular weight excluding hydrogens is 232 g/mol. The first-order valence-corrected chi connectivity index (χ1v) is 6.31. The Balaban J connectivity index is 2.90. The smallest absolute Gasteiger partial charge is 0.161 e. The summed E-state index contributed by atoms with van der Waals surface area (Å²) in [6, 6.07) is -0.128. The van der Waals surface area contributed by atoms with Crippen molar-refractivity contribution >= 4 is 0 Å². The summed E-state index contributed by atoms with van der Waals surface area (Å²) in [5.74, 6) is 6.35. The van der Waals surface area contributed by atoms with Crippen molar-refractivity contribution in [1.29, 1.82) is 0 Å². The minimum absolute atomic E-state index is 0.128. The van der Waals surface area contributed by atoms with Crippen molar-refractivity contribution in [2.45, 2.75) is 45.9 Å². The van der Waals surface area contributed by atoms with Crippen LogP contribution < -0.4 is 16.0 Å². The Bertz CT molecular complexity index is 352. The maximum atomic E-state index is 5.61. The zero-order valence-corrected chi connectivity index (χ0v) is 11.6.